The molecule has 0 aromatic carbocycles. The van der Waals surface area contributed by atoms with Gasteiger partial charge in [-0.3, -0.25) is 19.9 Å². The van der Waals surface area contributed by atoms with Crippen molar-refractivity contribution in [1.82, 2.24) is 19.9 Å². The molecule has 1 atom stereocenters. The van der Waals surface area contributed by atoms with E-state index in [4.69, 9.17) is 0 Å². The molecule has 1 unspecified atom stereocenters. The van der Waals surface area contributed by atoms with Gasteiger partial charge in [0, 0.05) is 43.6 Å². The molecule has 1 aliphatic rings. The molecular weight excluding hydrogens is 288 g/mol. The number of fused-ring (bicyclic) bond motifs is 1. The highest BCUT2D eigenvalue weighted by molar-refractivity contribution is 5.90. The summed E-state index contributed by atoms with van der Waals surface area (Å²) in [6.07, 6.45) is 6.14. The van der Waals surface area contributed by atoms with Crippen LogP contribution >= 0.6 is 0 Å². The number of likely N-dealkylation sites (tertiary alicyclic amines) is 1. The zero-order valence-corrected chi connectivity index (χ0v) is 12.8. The number of hydrogen-bond donors (Lipinski definition) is 1. The lowest BCUT2D eigenvalue weighted by Gasteiger charge is -2.15. The molecule has 3 aromatic rings. The van der Waals surface area contributed by atoms with E-state index in [1.165, 1.54) is 0 Å². The van der Waals surface area contributed by atoms with E-state index >= 15 is 0 Å². The van der Waals surface area contributed by atoms with E-state index in [0.717, 1.165) is 53.9 Å². The number of aliphatic hydroxyl groups is 1. The first-order chi connectivity index (χ1) is 11.3. The molecule has 5 heteroatoms. The van der Waals surface area contributed by atoms with Gasteiger partial charge in [0.1, 0.15) is 5.69 Å². The van der Waals surface area contributed by atoms with Crippen LogP contribution in [-0.4, -0.2) is 44.2 Å². The lowest BCUT2D eigenvalue weighted by molar-refractivity contribution is 0.175. The molecule has 116 valence electrons. The minimum absolute atomic E-state index is 0.191. The maximum absolute atomic E-state index is 9.64. The highest BCUT2D eigenvalue weighted by Crippen LogP contribution is 2.24. The maximum atomic E-state index is 9.64. The van der Waals surface area contributed by atoms with Crippen LogP contribution in [0.2, 0.25) is 0 Å². The first-order valence-electron chi connectivity index (χ1n) is 7.85. The Kier molecular flexibility index (Phi) is 3.73. The van der Waals surface area contributed by atoms with Gasteiger partial charge >= 0.3 is 0 Å². The predicted molar refractivity (Wildman–Crippen MR) is 88.7 cm³/mol. The summed E-state index contributed by atoms with van der Waals surface area (Å²) in [4.78, 5) is 15.7. The van der Waals surface area contributed by atoms with Crippen molar-refractivity contribution in [3.05, 3.63) is 54.5 Å². The van der Waals surface area contributed by atoms with Crippen molar-refractivity contribution in [3.8, 4) is 11.4 Å². The van der Waals surface area contributed by atoms with Gasteiger partial charge in [0.15, 0.2) is 0 Å². The second-order valence-electron chi connectivity index (χ2n) is 5.97. The van der Waals surface area contributed by atoms with Crippen molar-refractivity contribution in [1.29, 1.82) is 0 Å². The second-order valence-corrected chi connectivity index (χ2v) is 5.97. The van der Waals surface area contributed by atoms with Crippen LogP contribution in [0.15, 0.2) is 48.9 Å². The van der Waals surface area contributed by atoms with Gasteiger partial charge < -0.3 is 5.11 Å². The molecule has 1 N–H and O–H groups in total. The molecule has 0 bridgehead atoms. The monoisotopic (exact) mass is 306 g/mol. The molecule has 4 rings (SSSR count). The van der Waals surface area contributed by atoms with E-state index in [2.05, 4.69) is 25.9 Å². The van der Waals surface area contributed by atoms with Gasteiger partial charge in [-0.15, -0.1) is 0 Å². The van der Waals surface area contributed by atoms with Crippen LogP contribution in [0.3, 0.4) is 0 Å². The first kappa shape index (κ1) is 14.2. The highest BCUT2D eigenvalue weighted by atomic mass is 16.3. The van der Waals surface area contributed by atoms with Crippen LogP contribution in [0.1, 0.15) is 12.0 Å². The van der Waals surface area contributed by atoms with Crippen LogP contribution in [0, 0.1) is 0 Å². The average Bonchev–Trinajstić information content (AvgIpc) is 3.00. The van der Waals surface area contributed by atoms with Crippen molar-refractivity contribution in [3.63, 3.8) is 0 Å². The number of aromatic nitrogens is 3. The molecule has 0 aliphatic carbocycles. The minimum Gasteiger partial charge on any atom is -0.392 e. The molecule has 0 saturated carbocycles. The van der Waals surface area contributed by atoms with Crippen LogP contribution in [0.5, 0.6) is 0 Å². The third-order valence-corrected chi connectivity index (χ3v) is 4.22. The molecule has 1 fully saturated rings. The number of pyridine rings is 3. The number of hydrogen-bond acceptors (Lipinski definition) is 5. The molecule has 23 heavy (non-hydrogen) atoms. The molecule has 1 saturated heterocycles. The van der Waals surface area contributed by atoms with Crippen molar-refractivity contribution in [2.45, 2.75) is 19.1 Å². The van der Waals surface area contributed by atoms with Gasteiger partial charge in [0.2, 0.25) is 0 Å². The molecule has 5 nitrogen and oxygen atoms in total. The molecule has 0 amide bonds. The summed E-state index contributed by atoms with van der Waals surface area (Å²) in [5.41, 5.74) is 3.67. The quantitative estimate of drug-likeness (QED) is 0.804. The van der Waals surface area contributed by atoms with Crippen molar-refractivity contribution in [2.24, 2.45) is 0 Å². The SMILES string of the molecule is OC1CCN(Cc2cnc3c(-c4ccccn4)nccc3c2)C1. The van der Waals surface area contributed by atoms with Crippen molar-refractivity contribution >= 4 is 10.9 Å². The zero-order chi connectivity index (χ0) is 15.6. The van der Waals surface area contributed by atoms with Gasteiger partial charge in [-0.2, -0.15) is 0 Å². The Balaban J connectivity index is 1.68. The lowest BCUT2D eigenvalue weighted by atomic mass is 10.1. The fourth-order valence-electron chi connectivity index (χ4n) is 3.10. The Morgan fingerprint density at radius 1 is 1.13 bits per heavy atom. The van der Waals surface area contributed by atoms with E-state index in [1.807, 2.05) is 30.5 Å². The molecule has 1 aliphatic heterocycles. The van der Waals surface area contributed by atoms with Gasteiger partial charge in [-0.1, -0.05) is 6.07 Å². The summed E-state index contributed by atoms with van der Waals surface area (Å²) in [5, 5.41) is 10.7. The van der Waals surface area contributed by atoms with Gasteiger partial charge in [-0.05, 0) is 36.2 Å². The standard InChI is InChI=1S/C18H18N4O/c23-15-5-8-22(12-15)11-13-9-14-4-7-20-18(17(14)21-10-13)16-3-1-2-6-19-16/h1-4,6-7,9-10,15,23H,5,8,11-12H2. The van der Waals surface area contributed by atoms with E-state index in [0.29, 0.717) is 0 Å². The number of β-amino-alcohol motifs (C(OH)–C–C–N with tert-alkyl or cyclic N) is 1. The first-order valence-corrected chi connectivity index (χ1v) is 7.85. The van der Waals surface area contributed by atoms with Gasteiger partial charge in [0.05, 0.1) is 17.3 Å². The molecule has 4 heterocycles. The normalized spacial score (nSPS) is 18.6. The summed E-state index contributed by atoms with van der Waals surface area (Å²) in [6.45, 7) is 2.50. The van der Waals surface area contributed by atoms with Crippen molar-refractivity contribution in [2.75, 3.05) is 13.1 Å². The lowest BCUT2D eigenvalue weighted by Crippen LogP contribution is -2.21. The van der Waals surface area contributed by atoms with E-state index < -0.39 is 0 Å². The van der Waals surface area contributed by atoms with E-state index in [1.54, 1.807) is 12.4 Å². The summed E-state index contributed by atoms with van der Waals surface area (Å²) in [5.74, 6) is 0. The van der Waals surface area contributed by atoms with Crippen LogP contribution < -0.4 is 0 Å². The maximum Gasteiger partial charge on any atom is 0.115 e. The van der Waals surface area contributed by atoms with Crippen LogP contribution in [0.4, 0.5) is 0 Å². The van der Waals surface area contributed by atoms with Crippen molar-refractivity contribution < 1.29 is 5.11 Å². The summed E-state index contributed by atoms with van der Waals surface area (Å²) in [7, 11) is 0. The summed E-state index contributed by atoms with van der Waals surface area (Å²) < 4.78 is 0. The van der Waals surface area contributed by atoms with Crippen LogP contribution in [0.25, 0.3) is 22.3 Å². The van der Waals surface area contributed by atoms with Gasteiger partial charge in [-0.25, -0.2) is 0 Å². The van der Waals surface area contributed by atoms with E-state index in [9.17, 15) is 5.11 Å². The van der Waals surface area contributed by atoms with Crippen LogP contribution in [-0.2, 0) is 6.54 Å². The second kappa shape index (κ2) is 6.02. The fraction of sp³-hybridized carbons (Fsp3) is 0.278. The highest BCUT2D eigenvalue weighted by Gasteiger charge is 2.20. The number of nitrogens with zero attached hydrogens (tertiary/aromatic N) is 4. The molecule has 3 aromatic heterocycles. The predicted octanol–water partition coefficient (Wildman–Crippen LogP) is 2.26. The number of rotatable bonds is 3. The Labute approximate surface area is 134 Å². The average molecular weight is 306 g/mol. The Morgan fingerprint density at radius 2 is 2.09 bits per heavy atom. The molecule has 0 radical (unpaired) electrons. The topological polar surface area (TPSA) is 62.1 Å². The summed E-state index contributed by atoms with van der Waals surface area (Å²) in [6, 6.07) is 9.93. The van der Waals surface area contributed by atoms with Gasteiger partial charge in [0.25, 0.3) is 0 Å². The summed E-state index contributed by atoms with van der Waals surface area (Å²) >= 11 is 0. The Bertz CT molecular complexity index is 822. The Morgan fingerprint density at radius 3 is 2.87 bits per heavy atom. The largest absolute Gasteiger partial charge is 0.392 e. The molecule has 0 spiro atoms. The third kappa shape index (κ3) is 2.93. The van der Waals surface area contributed by atoms with E-state index in [-0.39, 0.29) is 6.10 Å². The smallest absolute Gasteiger partial charge is 0.115 e. The Hall–Kier alpha value is -2.37. The minimum atomic E-state index is -0.191. The molecular formula is C18H18N4O. The number of aliphatic hydroxyl groups excluding tert-OH is 1. The third-order valence-electron chi connectivity index (χ3n) is 4.22. The fourth-order valence-corrected chi connectivity index (χ4v) is 3.10. The zero-order valence-electron chi connectivity index (χ0n) is 12.8.